The molecule has 1 rings (SSSR count). The van der Waals surface area contributed by atoms with Gasteiger partial charge in [-0.15, -0.1) is 0 Å². The number of halogens is 2. The largest absolute Gasteiger partial charge is 0.294 e. The molecule has 0 fully saturated rings. The molecule has 0 radical (unpaired) electrons. The van der Waals surface area contributed by atoms with Gasteiger partial charge in [-0.1, -0.05) is 32.9 Å². The van der Waals surface area contributed by atoms with Crippen molar-refractivity contribution < 1.29 is 9.18 Å². The number of rotatable bonds is 3. The molecule has 0 aromatic heterocycles. The molecular weight excluding hydrogens is 271 g/mol. The average Bonchev–Trinajstić information content (AvgIpc) is 2.17. The predicted molar refractivity (Wildman–Crippen MR) is 67.1 cm³/mol. The second-order valence-electron chi connectivity index (χ2n) is 5.09. The van der Waals surface area contributed by atoms with Crippen LogP contribution in [0, 0.1) is 11.2 Å². The number of carbonyl (C=O) groups excluding carboxylic acids is 1. The highest BCUT2D eigenvalue weighted by molar-refractivity contribution is 9.10. The Hall–Kier alpha value is -0.700. The monoisotopic (exact) mass is 286 g/mol. The molecule has 0 aliphatic heterocycles. The van der Waals surface area contributed by atoms with Gasteiger partial charge in [0.2, 0.25) is 0 Å². The summed E-state index contributed by atoms with van der Waals surface area (Å²) in [6, 6.07) is 4.55. The maximum Gasteiger partial charge on any atom is 0.164 e. The first kappa shape index (κ1) is 13.4. The topological polar surface area (TPSA) is 17.1 Å². The fourth-order valence-corrected chi connectivity index (χ4v) is 1.83. The Morgan fingerprint density at radius 2 is 2.00 bits per heavy atom. The van der Waals surface area contributed by atoms with Crippen molar-refractivity contribution in [1.29, 1.82) is 0 Å². The van der Waals surface area contributed by atoms with Gasteiger partial charge >= 0.3 is 0 Å². The van der Waals surface area contributed by atoms with Gasteiger partial charge in [0.25, 0.3) is 0 Å². The van der Waals surface area contributed by atoms with Gasteiger partial charge in [0.15, 0.2) is 5.78 Å². The number of benzene rings is 1. The molecule has 0 amide bonds. The second kappa shape index (κ2) is 5.09. The van der Waals surface area contributed by atoms with Gasteiger partial charge in [-0.2, -0.15) is 0 Å². The molecule has 1 aromatic carbocycles. The summed E-state index contributed by atoms with van der Waals surface area (Å²) < 4.78 is 13.5. The van der Waals surface area contributed by atoms with Gasteiger partial charge in [-0.25, -0.2) is 4.39 Å². The summed E-state index contributed by atoms with van der Waals surface area (Å²) in [5, 5.41) is 0. The Labute approximate surface area is 104 Å². The van der Waals surface area contributed by atoms with Gasteiger partial charge < -0.3 is 0 Å². The zero-order chi connectivity index (χ0) is 12.3. The number of hydrogen-bond donors (Lipinski definition) is 0. The van der Waals surface area contributed by atoms with Crippen LogP contribution in [-0.4, -0.2) is 5.78 Å². The van der Waals surface area contributed by atoms with E-state index in [1.54, 1.807) is 12.1 Å². The molecule has 1 aromatic rings. The first-order valence-corrected chi connectivity index (χ1v) is 6.08. The van der Waals surface area contributed by atoms with Crippen LogP contribution in [-0.2, 0) is 0 Å². The first-order chi connectivity index (χ1) is 7.31. The summed E-state index contributed by atoms with van der Waals surface area (Å²) in [5.41, 5.74) is 0.555. The van der Waals surface area contributed by atoms with E-state index >= 15 is 0 Å². The molecule has 0 spiro atoms. The van der Waals surface area contributed by atoms with Crippen LogP contribution in [0.2, 0.25) is 0 Å². The molecule has 1 nitrogen and oxygen atoms in total. The SMILES string of the molecule is CC(C)(C)CCC(=O)c1cccc(F)c1Br. The van der Waals surface area contributed by atoms with Crippen molar-refractivity contribution in [3.8, 4) is 0 Å². The van der Waals surface area contributed by atoms with Crippen molar-refractivity contribution in [3.05, 3.63) is 34.1 Å². The third kappa shape index (κ3) is 3.71. The van der Waals surface area contributed by atoms with Crippen molar-refractivity contribution in [1.82, 2.24) is 0 Å². The Bertz CT molecular complexity index is 393. The Morgan fingerprint density at radius 1 is 1.38 bits per heavy atom. The van der Waals surface area contributed by atoms with Crippen molar-refractivity contribution in [2.75, 3.05) is 0 Å². The minimum absolute atomic E-state index is 0.0127. The fourth-order valence-electron chi connectivity index (χ4n) is 1.34. The molecule has 88 valence electrons. The minimum atomic E-state index is -0.387. The summed E-state index contributed by atoms with van der Waals surface area (Å²) >= 11 is 3.11. The molecule has 0 aliphatic rings. The summed E-state index contributed by atoms with van der Waals surface area (Å²) in [4.78, 5) is 11.9. The lowest BCUT2D eigenvalue weighted by atomic mass is 9.88. The van der Waals surface area contributed by atoms with Gasteiger partial charge in [-0.3, -0.25) is 4.79 Å². The zero-order valence-corrected chi connectivity index (χ0v) is 11.4. The molecule has 0 heterocycles. The van der Waals surface area contributed by atoms with E-state index in [-0.39, 0.29) is 21.5 Å². The summed E-state index contributed by atoms with van der Waals surface area (Å²) in [5.74, 6) is -0.400. The quantitative estimate of drug-likeness (QED) is 0.743. The molecular formula is C13H16BrFO. The smallest absolute Gasteiger partial charge is 0.164 e. The van der Waals surface area contributed by atoms with E-state index in [2.05, 4.69) is 36.7 Å². The highest BCUT2D eigenvalue weighted by Crippen LogP contribution is 2.25. The number of hydrogen-bond acceptors (Lipinski definition) is 1. The van der Waals surface area contributed by atoms with Crippen LogP contribution in [0.5, 0.6) is 0 Å². The van der Waals surface area contributed by atoms with Gasteiger partial charge in [-0.05, 0) is 33.8 Å². The van der Waals surface area contributed by atoms with Crippen LogP contribution in [0.25, 0.3) is 0 Å². The van der Waals surface area contributed by atoms with Crippen LogP contribution >= 0.6 is 15.9 Å². The highest BCUT2D eigenvalue weighted by Gasteiger charge is 2.16. The first-order valence-electron chi connectivity index (χ1n) is 5.28. The molecule has 0 N–H and O–H groups in total. The lowest BCUT2D eigenvalue weighted by Gasteiger charge is -2.17. The van der Waals surface area contributed by atoms with E-state index in [0.717, 1.165) is 6.42 Å². The van der Waals surface area contributed by atoms with Crippen LogP contribution < -0.4 is 0 Å². The fraction of sp³-hybridized carbons (Fsp3) is 0.462. The van der Waals surface area contributed by atoms with E-state index in [1.807, 2.05) is 0 Å². The normalized spacial score (nSPS) is 11.6. The summed E-state index contributed by atoms with van der Waals surface area (Å²) in [6.45, 7) is 6.25. The molecule has 0 aliphatic carbocycles. The molecule has 3 heteroatoms. The van der Waals surface area contributed by atoms with Crippen LogP contribution in [0.4, 0.5) is 4.39 Å². The van der Waals surface area contributed by atoms with Gasteiger partial charge in [0, 0.05) is 12.0 Å². The summed E-state index contributed by atoms with van der Waals surface area (Å²) in [7, 11) is 0. The lowest BCUT2D eigenvalue weighted by Crippen LogP contribution is -2.09. The van der Waals surface area contributed by atoms with Gasteiger partial charge in [0.1, 0.15) is 5.82 Å². The lowest BCUT2D eigenvalue weighted by molar-refractivity contribution is 0.0964. The zero-order valence-electron chi connectivity index (χ0n) is 9.81. The molecule has 16 heavy (non-hydrogen) atoms. The van der Waals surface area contributed by atoms with Crippen molar-refractivity contribution in [2.24, 2.45) is 5.41 Å². The molecule has 0 bridgehead atoms. The molecule has 0 atom stereocenters. The standard InChI is InChI=1S/C13H16BrFO/c1-13(2,3)8-7-11(16)9-5-4-6-10(15)12(9)14/h4-6H,7-8H2,1-3H3. The Balaban J connectivity index is 2.78. The maximum absolute atomic E-state index is 13.2. The van der Waals surface area contributed by atoms with E-state index in [9.17, 15) is 9.18 Å². The van der Waals surface area contributed by atoms with Gasteiger partial charge in [0.05, 0.1) is 4.47 Å². The number of ketones is 1. The molecule has 0 unspecified atom stereocenters. The van der Waals surface area contributed by atoms with E-state index in [4.69, 9.17) is 0 Å². The molecule has 0 saturated heterocycles. The van der Waals surface area contributed by atoms with E-state index in [0.29, 0.717) is 12.0 Å². The number of Topliss-reactive ketones (excluding diaryl/α,β-unsaturated/α-hetero) is 1. The predicted octanol–water partition coefficient (Wildman–Crippen LogP) is 4.60. The number of carbonyl (C=O) groups is 1. The average molecular weight is 287 g/mol. The highest BCUT2D eigenvalue weighted by atomic mass is 79.9. The second-order valence-corrected chi connectivity index (χ2v) is 5.88. The maximum atomic E-state index is 13.2. The minimum Gasteiger partial charge on any atom is -0.294 e. The third-order valence-electron chi connectivity index (χ3n) is 2.35. The Kier molecular flexibility index (Phi) is 4.25. The van der Waals surface area contributed by atoms with Crippen molar-refractivity contribution >= 4 is 21.7 Å². The third-order valence-corrected chi connectivity index (χ3v) is 3.16. The van der Waals surface area contributed by atoms with Crippen molar-refractivity contribution in [3.63, 3.8) is 0 Å². The van der Waals surface area contributed by atoms with Crippen LogP contribution in [0.1, 0.15) is 44.0 Å². The van der Waals surface area contributed by atoms with Crippen LogP contribution in [0.15, 0.2) is 22.7 Å². The van der Waals surface area contributed by atoms with E-state index in [1.165, 1.54) is 6.07 Å². The van der Waals surface area contributed by atoms with Crippen molar-refractivity contribution in [2.45, 2.75) is 33.6 Å². The van der Waals surface area contributed by atoms with E-state index < -0.39 is 0 Å². The summed E-state index contributed by atoms with van der Waals surface area (Å²) in [6.07, 6.45) is 1.25. The molecule has 0 saturated carbocycles. The van der Waals surface area contributed by atoms with Crippen LogP contribution in [0.3, 0.4) is 0 Å². The Morgan fingerprint density at radius 3 is 2.56 bits per heavy atom.